The van der Waals surface area contributed by atoms with Gasteiger partial charge in [-0.15, -0.1) is 5.11 Å². The van der Waals surface area contributed by atoms with Crippen molar-refractivity contribution in [1.29, 1.82) is 0 Å². The minimum atomic E-state index is -4.68. The number of amides is 1. The van der Waals surface area contributed by atoms with E-state index in [9.17, 15) is 22.9 Å². The summed E-state index contributed by atoms with van der Waals surface area (Å²) in [6.07, 6.45) is 0. The van der Waals surface area contributed by atoms with Gasteiger partial charge < -0.3 is 10.0 Å². The second-order valence-corrected chi connectivity index (χ2v) is 9.24. The minimum Gasteiger partial charge on any atom is -0.505 e. The van der Waals surface area contributed by atoms with Gasteiger partial charge in [0.25, 0.3) is 16.0 Å². The molecule has 0 saturated carbocycles. The van der Waals surface area contributed by atoms with Gasteiger partial charge in [0.15, 0.2) is 5.75 Å². The topological polar surface area (TPSA) is 120 Å². The number of nitrogens with zero attached hydrogens (tertiary/aromatic N) is 3. The molecule has 4 aromatic rings. The summed E-state index contributed by atoms with van der Waals surface area (Å²) in [7, 11) is -4.68. The number of hydrogen-bond donors (Lipinski definition) is 2. The van der Waals surface area contributed by atoms with Gasteiger partial charge in [-0.25, -0.2) is 0 Å². The fourth-order valence-corrected chi connectivity index (χ4v) is 4.45. The van der Waals surface area contributed by atoms with E-state index in [1.807, 2.05) is 13.0 Å². The van der Waals surface area contributed by atoms with E-state index < -0.39 is 20.8 Å². The first kappa shape index (κ1) is 24.1. The first-order chi connectivity index (χ1) is 16.7. The summed E-state index contributed by atoms with van der Waals surface area (Å²) in [5, 5.41) is 19.6. The van der Waals surface area contributed by atoms with Gasteiger partial charge in [-0.3, -0.25) is 9.35 Å². The number of phenols is 1. The highest BCUT2D eigenvalue weighted by atomic mass is 32.2. The maximum absolute atomic E-state index is 12.9. The third-order valence-electron chi connectivity index (χ3n) is 5.57. The van der Waals surface area contributed by atoms with Crippen molar-refractivity contribution in [1.82, 2.24) is 0 Å². The molecule has 0 unspecified atom stereocenters. The standard InChI is InChI=1S/C26H23N3O5S/c1-3-29(26(31)18-9-5-4-6-10-18)20-13-14-22(17(2)15-20)27-28-24-23(35(32,33)34)16-19-11-7-8-12-21(19)25(24)30/h4-16,30H,3H2,1-2H3,(H,32,33,34). The molecule has 9 heteroatoms. The van der Waals surface area contributed by atoms with Crippen LogP contribution in [0, 0.1) is 6.92 Å². The van der Waals surface area contributed by atoms with E-state index >= 15 is 0 Å². The molecule has 0 aliphatic carbocycles. The number of rotatable bonds is 6. The monoisotopic (exact) mass is 489 g/mol. The van der Waals surface area contributed by atoms with Gasteiger partial charge in [0.1, 0.15) is 10.6 Å². The van der Waals surface area contributed by atoms with Gasteiger partial charge in [-0.2, -0.15) is 13.5 Å². The van der Waals surface area contributed by atoms with Crippen LogP contribution < -0.4 is 4.90 Å². The van der Waals surface area contributed by atoms with Gasteiger partial charge in [-0.05, 0) is 61.2 Å². The number of hydrogen-bond acceptors (Lipinski definition) is 6. The third kappa shape index (κ3) is 4.91. The molecule has 35 heavy (non-hydrogen) atoms. The second-order valence-electron chi connectivity index (χ2n) is 7.85. The number of carbonyl (C=O) groups is 1. The molecule has 0 aliphatic heterocycles. The molecule has 0 spiro atoms. The first-order valence-electron chi connectivity index (χ1n) is 10.8. The number of azo groups is 1. The summed E-state index contributed by atoms with van der Waals surface area (Å²) in [5.74, 6) is -0.542. The van der Waals surface area contributed by atoms with Crippen molar-refractivity contribution in [3.8, 4) is 5.75 Å². The van der Waals surface area contributed by atoms with Crippen LogP contribution in [0.25, 0.3) is 10.8 Å². The van der Waals surface area contributed by atoms with E-state index in [4.69, 9.17) is 0 Å². The Morgan fingerprint density at radius 3 is 2.29 bits per heavy atom. The van der Waals surface area contributed by atoms with Crippen molar-refractivity contribution in [3.05, 3.63) is 90.0 Å². The third-order valence-corrected chi connectivity index (χ3v) is 6.44. The van der Waals surface area contributed by atoms with Gasteiger partial charge in [0.05, 0.1) is 5.69 Å². The molecule has 0 radical (unpaired) electrons. The van der Waals surface area contributed by atoms with Crippen molar-refractivity contribution >= 4 is 43.9 Å². The molecule has 0 saturated heterocycles. The zero-order valence-electron chi connectivity index (χ0n) is 19.1. The van der Waals surface area contributed by atoms with Crippen LogP contribution in [0.5, 0.6) is 5.75 Å². The Labute approximate surface area is 202 Å². The lowest BCUT2D eigenvalue weighted by Crippen LogP contribution is -2.30. The first-order valence-corrected chi connectivity index (χ1v) is 12.3. The summed E-state index contributed by atoms with van der Waals surface area (Å²) < 4.78 is 33.6. The average Bonchev–Trinajstić information content (AvgIpc) is 2.84. The molecule has 0 aromatic heterocycles. The Hall–Kier alpha value is -4.08. The normalized spacial score (nSPS) is 11.7. The zero-order valence-corrected chi connectivity index (χ0v) is 19.9. The van der Waals surface area contributed by atoms with E-state index in [1.165, 1.54) is 6.07 Å². The SMILES string of the molecule is CCN(C(=O)c1ccccc1)c1ccc(N=Nc2c(S(=O)(=O)O)cc3ccccc3c2O)c(C)c1. The molecular weight excluding hydrogens is 466 g/mol. The molecule has 2 N–H and O–H groups in total. The van der Waals surface area contributed by atoms with Crippen molar-refractivity contribution in [2.45, 2.75) is 18.7 Å². The summed E-state index contributed by atoms with van der Waals surface area (Å²) in [6.45, 7) is 4.11. The van der Waals surface area contributed by atoms with Crippen LogP contribution in [0.3, 0.4) is 0 Å². The van der Waals surface area contributed by atoms with Crippen LogP contribution in [0.2, 0.25) is 0 Å². The van der Waals surface area contributed by atoms with Gasteiger partial charge in [0.2, 0.25) is 0 Å². The van der Waals surface area contributed by atoms with Crippen LogP contribution in [0.1, 0.15) is 22.8 Å². The molecule has 0 bridgehead atoms. The Morgan fingerprint density at radius 2 is 1.63 bits per heavy atom. The minimum absolute atomic E-state index is 0.138. The van der Waals surface area contributed by atoms with Crippen molar-refractivity contribution < 1.29 is 22.9 Å². The Kier molecular flexibility index (Phi) is 6.63. The van der Waals surface area contributed by atoms with Crippen molar-refractivity contribution in [2.75, 3.05) is 11.4 Å². The summed E-state index contributed by atoms with van der Waals surface area (Å²) in [5.41, 5.74) is 1.97. The Bertz CT molecular complexity index is 1550. The fourth-order valence-electron chi connectivity index (χ4n) is 3.79. The summed E-state index contributed by atoms with van der Waals surface area (Å²) in [6, 6.07) is 22.0. The van der Waals surface area contributed by atoms with Crippen molar-refractivity contribution in [2.24, 2.45) is 10.2 Å². The van der Waals surface area contributed by atoms with E-state index in [1.54, 1.807) is 78.6 Å². The van der Waals surface area contributed by atoms with Gasteiger partial charge in [-0.1, -0.05) is 42.5 Å². The molecular formula is C26H23N3O5S. The predicted octanol–water partition coefficient (Wildman–Crippen LogP) is 6.18. The zero-order chi connectivity index (χ0) is 25.2. The largest absolute Gasteiger partial charge is 0.505 e. The molecule has 4 rings (SSSR count). The lowest BCUT2D eigenvalue weighted by atomic mass is 10.1. The molecule has 0 aliphatic rings. The number of aryl methyl sites for hydroxylation is 1. The molecule has 0 fully saturated rings. The van der Waals surface area contributed by atoms with E-state index in [2.05, 4.69) is 10.2 Å². The van der Waals surface area contributed by atoms with E-state index in [-0.39, 0.29) is 11.6 Å². The molecule has 1 amide bonds. The summed E-state index contributed by atoms with van der Waals surface area (Å²) in [4.78, 5) is 14.0. The number of fused-ring (bicyclic) bond motifs is 1. The Morgan fingerprint density at radius 1 is 0.943 bits per heavy atom. The van der Waals surface area contributed by atoms with Crippen LogP contribution >= 0.6 is 0 Å². The molecule has 4 aromatic carbocycles. The maximum Gasteiger partial charge on any atom is 0.296 e. The van der Waals surface area contributed by atoms with Crippen LogP contribution in [0.15, 0.2) is 94.0 Å². The molecule has 8 nitrogen and oxygen atoms in total. The lowest BCUT2D eigenvalue weighted by Gasteiger charge is -2.22. The number of phenolic OH excluding ortho intramolecular Hbond substituents is 1. The summed E-state index contributed by atoms with van der Waals surface area (Å²) >= 11 is 0. The van der Waals surface area contributed by atoms with E-state index in [0.717, 1.165) is 0 Å². The Balaban J connectivity index is 1.72. The number of benzene rings is 4. The van der Waals surface area contributed by atoms with Gasteiger partial charge >= 0.3 is 0 Å². The highest BCUT2D eigenvalue weighted by molar-refractivity contribution is 7.86. The van der Waals surface area contributed by atoms with E-state index in [0.29, 0.717) is 39.8 Å². The molecule has 0 atom stereocenters. The maximum atomic E-state index is 12.9. The molecule has 0 heterocycles. The number of aromatic hydroxyl groups is 1. The van der Waals surface area contributed by atoms with Gasteiger partial charge in [0, 0.05) is 23.2 Å². The highest BCUT2D eigenvalue weighted by Crippen LogP contribution is 2.41. The quantitative estimate of drug-likeness (QED) is 0.247. The lowest BCUT2D eigenvalue weighted by molar-refractivity contribution is 0.0988. The number of anilines is 1. The second kappa shape index (κ2) is 9.65. The predicted molar refractivity (Wildman–Crippen MR) is 135 cm³/mol. The number of carbonyl (C=O) groups excluding carboxylic acids is 1. The highest BCUT2D eigenvalue weighted by Gasteiger charge is 2.22. The molecule has 178 valence electrons. The fraction of sp³-hybridized carbons (Fsp3) is 0.115. The van der Waals surface area contributed by atoms with Crippen LogP contribution in [-0.4, -0.2) is 30.5 Å². The van der Waals surface area contributed by atoms with Crippen LogP contribution in [-0.2, 0) is 10.1 Å². The average molecular weight is 490 g/mol. The van der Waals surface area contributed by atoms with Crippen LogP contribution in [0.4, 0.5) is 17.1 Å². The smallest absolute Gasteiger partial charge is 0.296 e. The van der Waals surface area contributed by atoms with Crippen molar-refractivity contribution in [3.63, 3.8) is 0 Å².